The Bertz CT molecular complexity index is 243. The summed E-state index contributed by atoms with van der Waals surface area (Å²) in [4.78, 5) is 13.8. The van der Waals surface area contributed by atoms with Crippen LogP contribution in [0.25, 0.3) is 0 Å². The number of hydrogen-bond donors (Lipinski definition) is 1. The summed E-state index contributed by atoms with van der Waals surface area (Å²) in [6.45, 7) is 5.36. The number of hydrogen-bond acceptors (Lipinski definition) is 2. The average molecular weight is 226 g/mol. The number of carbonyl (C=O) groups is 1. The van der Waals surface area contributed by atoms with Gasteiger partial charge >= 0.3 is 6.03 Å². The van der Waals surface area contributed by atoms with Crippen molar-refractivity contribution in [2.75, 3.05) is 26.2 Å². The highest BCUT2D eigenvalue weighted by molar-refractivity contribution is 5.74. The van der Waals surface area contributed by atoms with Crippen molar-refractivity contribution in [1.29, 1.82) is 0 Å². The summed E-state index contributed by atoms with van der Waals surface area (Å²) in [7, 11) is 0. The fraction of sp³-hybridized carbons (Fsp3) is 0.917. The molecule has 92 valence electrons. The molecule has 2 aliphatic rings. The van der Waals surface area contributed by atoms with Gasteiger partial charge in [-0.15, -0.1) is 0 Å². The minimum Gasteiger partial charge on any atom is -0.373 e. The fourth-order valence-corrected chi connectivity index (χ4v) is 2.45. The standard InChI is InChI=1S/C12H22N2O2/c1-12(6-5-9-16-12)10-13-11(15)14-7-3-2-4-8-14/h2-10H2,1H3,(H,13,15). The van der Waals surface area contributed by atoms with Crippen LogP contribution in [-0.2, 0) is 4.74 Å². The van der Waals surface area contributed by atoms with Gasteiger partial charge in [-0.1, -0.05) is 0 Å². The Kier molecular flexibility index (Phi) is 3.69. The van der Waals surface area contributed by atoms with Gasteiger partial charge in [0.05, 0.1) is 5.60 Å². The molecule has 2 fully saturated rings. The number of amides is 2. The van der Waals surface area contributed by atoms with Gasteiger partial charge in [-0.05, 0) is 39.0 Å². The fourth-order valence-electron chi connectivity index (χ4n) is 2.45. The van der Waals surface area contributed by atoms with E-state index in [0.29, 0.717) is 6.54 Å². The molecule has 2 aliphatic heterocycles. The normalized spacial score (nSPS) is 30.4. The van der Waals surface area contributed by atoms with E-state index in [0.717, 1.165) is 45.4 Å². The third-order valence-corrected chi connectivity index (χ3v) is 3.56. The smallest absolute Gasteiger partial charge is 0.317 e. The molecule has 1 atom stereocenters. The summed E-state index contributed by atoms with van der Waals surface area (Å²) in [6, 6.07) is 0.0800. The maximum Gasteiger partial charge on any atom is 0.317 e. The number of urea groups is 1. The van der Waals surface area contributed by atoms with Crippen molar-refractivity contribution in [3.8, 4) is 0 Å². The Morgan fingerprint density at radius 1 is 1.31 bits per heavy atom. The van der Waals surface area contributed by atoms with E-state index in [1.807, 2.05) is 4.90 Å². The molecule has 0 aromatic carbocycles. The van der Waals surface area contributed by atoms with E-state index in [1.165, 1.54) is 6.42 Å². The lowest BCUT2D eigenvalue weighted by molar-refractivity contribution is 0.0217. The van der Waals surface area contributed by atoms with Gasteiger partial charge in [0, 0.05) is 26.2 Å². The number of nitrogens with one attached hydrogen (secondary N) is 1. The van der Waals surface area contributed by atoms with Gasteiger partial charge in [0.15, 0.2) is 0 Å². The lowest BCUT2D eigenvalue weighted by Gasteiger charge is -2.29. The molecule has 2 heterocycles. The third-order valence-electron chi connectivity index (χ3n) is 3.56. The van der Waals surface area contributed by atoms with Crippen molar-refractivity contribution in [2.24, 2.45) is 0 Å². The molecule has 4 nitrogen and oxygen atoms in total. The van der Waals surface area contributed by atoms with E-state index in [2.05, 4.69) is 12.2 Å². The molecule has 2 rings (SSSR count). The third kappa shape index (κ3) is 2.88. The van der Waals surface area contributed by atoms with Crippen molar-refractivity contribution in [2.45, 2.75) is 44.6 Å². The minimum atomic E-state index is -0.133. The van der Waals surface area contributed by atoms with E-state index < -0.39 is 0 Å². The van der Waals surface area contributed by atoms with Crippen LogP contribution in [0.5, 0.6) is 0 Å². The average Bonchev–Trinajstić information content (AvgIpc) is 2.75. The van der Waals surface area contributed by atoms with Gasteiger partial charge in [-0.3, -0.25) is 0 Å². The summed E-state index contributed by atoms with van der Waals surface area (Å²) in [5.41, 5.74) is -0.133. The number of ether oxygens (including phenoxy) is 1. The van der Waals surface area contributed by atoms with E-state index in [9.17, 15) is 4.79 Å². The van der Waals surface area contributed by atoms with E-state index in [4.69, 9.17) is 4.74 Å². The number of nitrogens with zero attached hydrogens (tertiary/aromatic N) is 1. The quantitative estimate of drug-likeness (QED) is 0.779. The summed E-state index contributed by atoms with van der Waals surface area (Å²) >= 11 is 0. The number of carbonyl (C=O) groups excluding carboxylic acids is 1. The van der Waals surface area contributed by atoms with E-state index in [1.54, 1.807) is 0 Å². The largest absolute Gasteiger partial charge is 0.373 e. The van der Waals surface area contributed by atoms with Gasteiger partial charge in [0.2, 0.25) is 0 Å². The summed E-state index contributed by atoms with van der Waals surface area (Å²) in [5.74, 6) is 0. The SMILES string of the molecule is CC1(CNC(=O)N2CCCCC2)CCCO1. The summed E-state index contributed by atoms with van der Waals surface area (Å²) < 4.78 is 5.64. The van der Waals surface area contributed by atoms with E-state index >= 15 is 0 Å². The van der Waals surface area contributed by atoms with Crippen LogP contribution in [0, 0.1) is 0 Å². The molecule has 0 aromatic heterocycles. The second-order valence-electron chi connectivity index (χ2n) is 5.11. The highest BCUT2D eigenvalue weighted by atomic mass is 16.5. The van der Waals surface area contributed by atoms with Crippen LogP contribution < -0.4 is 5.32 Å². The Morgan fingerprint density at radius 3 is 2.69 bits per heavy atom. The molecular formula is C12H22N2O2. The molecule has 1 unspecified atom stereocenters. The number of likely N-dealkylation sites (tertiary alicyclic amines) is 1. The second kappa shape index (κ2) is 5.04. The molecule has 0 bridgehead atoms. The van der Waals surface area contributed by atoms with Crippen molar-refractivity contribution < 1.29 is 9.53 Å². The van der Waals surface area contributed by atoms with Crippen LogP contribution in [0.1, 0.15) is 39.0 Å². The predicted molar refractivity (Wildman–Crippen MR) is 62.4 cm³/mol. The highest BCUT2D eigenvalue weighted by Gasteiger charge is 2.30. The molecule has 0 aliphatic carbocycles. The molecule has 16 heavy (non-hydrogen) atoms. The molecular weight excluding hydrogens is 204 g/mol. The van der Waals surface area contributed by atoms with Crippen LogP contribution >= 0.6 is 0 Å². The van der Waals surface area contributed by atoms with Crippen molar-refractivity contribution >= 4 is 6.03 Å². The first-order chi connectivity index (χ1) is 7.70. The first-order valence-corrected chi connectivity index (χ1v) is 6.36. The van der Waals surface area contributed by atoms with Gasteiger partial charge in [0.25, 0.3) is 0 Å². The zero-order valence-corrected chi connectivity index (χ0v) is 10.1. The molecule has 2 amide bonds. The number of piperidine rings is 1. The maximum absolute atomic E-state index is 11.9. The van der Waals surface area contributed by atoms with Crippen LogP contribution in [0.3, 0.4) is 0 Å². The first kappa shape index (κ1) is 11.7. The Balaban J connectivity index is 1.74. The lowest BCUT2D eigenvalue weighted by Crippen LogP contribution is -2.47. The van der Waals surface area contributed by atoms with Crippen molar-refractivity contribution in [3.05, 3.63) is 0 Å². The number of rotatable bonds is 2. The molecule has 0 spiro atoms. The molecule has 1 N–H and O–H groups in total. The summed E-state index contributed by atoms with van der Waals surface area (Å²) in [6.07, 6.45) is 5.69. The lowest BCUT2D eigenvalue weighted by atomic mass is 10.0. The maximum atomic E-state index is 11.9. The first-order valence-electron chi connectivity index (χ1n) is 6.36. The summed E-state index contributed by atoms with van der Waals surface area (Å²) in [5, 5.41) is 3.00. The van der Waals surface area contributed by atoms with Crippen LogP contribution in [0.15, 0.2) is 0 Å². The zero-order valence-electron chi connectivity index (χ0n) is 10.1. The molecule has 2 saturated heterocycles. The minimum absolute atomic E-state index is 0.0800. The topological polar surface area (TPSA) is 41.6 Å². The van der Waals surface area contributed by atoms with Crippen LogP contribution in [0.2, 0.25) is 0 Å². The highest BCUT2D eigenvalue weighted by Crippen LogP contribution is 2.24. The van der Waals surface area contributed by atoms with Gasteiger partial charge in [-0.25, -0.2) is 4.79 Å². The zero-order chi connectivity index (χ0) is 11.4. The van der Waals surface area contributed by atoms with Crippen molar-refractivity contribution in [3.63, 3.8) is 0 Å². The second-order valence-corrected chi connectivity index (χ2v) is 5.11. The van der Waals surface area contributed by atoms with E-state index in [-0.39, 0.29) is 11.6 Å². The Hall–Kier alpha value is -0.770. The monoisotopic (exact) mass is 226 g/mol. The molecule has 0 saturated carbocycles. The Labute approximate surface area is 97.3 Å². The van der Waals surface area contributed by atoms with Crippen molar-refractivity contribution in [1.82, 2.24) is 10.2 Å². The van der Waals surface area contributed by atoms with Crippen LogP contribution in [-0.4, -0.2) is 42.8 Å². The van der Waals surface area contributed by atoms with Gasteiger partial charge in [0.1, 0.15) is 0 Å². The van der Waals surface area contributed by atoms with Gasteiger partial charge in [-0.2, -0.15) is 0 Å². The molecule has 0 aromatic rings. The van der Waals surface area contributed by atoms with Crippen LogP contribution in [0.4, 0.5) is 4.79 Å². The van der Waals surface area contributed by atoms with Gasteiger partial charge < -0.3 is 15.0 Å². The predicted octanol–water partition coefficient (Wildman–Crippen LogP) is 1.75. The molecule has 0 radical (unpaired) electrons. The molecule has 4 heteroatoms. The Morgan fingerprint density at radius 2 is 2.06 bits per heavy atom.